The SMILES string of the molecule is C=CC(=O)N1N=Cc2ccccc2C1c1ccc(CCCCOC(=O)NN2CCOCC2)cc1. The van der Waals surface area contributed by atoms with Crippen LogP contribution in [0.3, 0.4) is 0 Å². The second kappa shape index (κ2) is 11.6. The van der Waals surface area contributed by atoms with Crippen LogP contribution in [0, 0.1) is 0 Å². The summed E-state index contributed by atoms with van der Waals surface area (Å²) in [7, 11) is 0. The van der Waals surface area contributed by atoms with E-state index in [1.54, 1.807) is 6.21 Å². The molecule has 0 saturated carbocycles. The molecule has 1 N–H and O–H groups in total. The van der Waals surface area contributed by atoms with E-state index in [1.807, 2.05) is 41.4 Å². The highest BCUT2D eigenvalue weighted by molar-refractivity contribution is 5.91. The summed E-state index contributed by atoms with van der Waals surface area (Å²) in [6.45, 7) is 6.56. The van der Waals surface area contributed by atoms with Gasteiger partial charge in [0, 0.05) is 18.7 Å². The Hall–Kier alpha value is -3.49. The van der Waals surface area contributed by atoms with Crippen LogP contribution >= 0.6 is 0 Å². The molecule has 8 heteroatoms. The number of nitrogens with one attached hydrogen (secondary N) is 1. The van der Waals surface area contributed by atoms with E-state index in [-0.39, 0.29) is 11.9 Å². The molecule has 1 unspecified atom stereocenters. The van der Waals surface area contributed by atoms with E-state index in [4.69, 9.17) is 9.47 Å². The molecule has 2 aromatic carbocycles. The van der Waals surface area contributed by atoms with Crippen molar-refractivity contribution in [1.29, 1.82) is 0 Å². The van der Waals surface area contributed by atoms with Gasteiger partial charge in [0.2, 0.25) is 0 Å². The van der Waals surface area contributed by atoms with Crippen molar-refractivity contribution in [3.63, 3.8) is 0 Å². The molecule has 0 spiro atoms. The number of hydrogen-bond acceptors (Lipinski definition) is 6. The summed E-state index contributed by atoms with van der Waals surface area (Å²) >= 11 is 0. The van der Waals surface area contributed by atoms with Crippen LogP contribution in [0.1, 0.15) is 41.1 Å². The Balaban J connectivity index is 1.28. The van der Waals surface area contributed by atoms with Crippen molar-refractivity contribution in [3.05, 3.63) is 83.4 Å². The van der Waals surface area contributed by atoms with Gasteiger partial charge in [-0.05, 0) is 42.0 Å². The van der Waals surface area contributed by atoms with E-state index in [1.165, 1.54) is 16.6 Å². The minimum absolute atomic E-state index is 0.238. The van der Waals surface area contributed by atoms with Gasteiger partial charge in [-0.1, -0.05) is 55.1 Å². The fraction of sp³-hybridized carbons (Fsp3) is 0.346. The third-order valence-corrected chi connectivity index (χ3v) is 5.91. The Morgan fingerprint density at radius 3 is 2.65 bits per heavy atom. The molecule has 0 radical (unpaired) electrons. The number of morpholine rings is 1. The van der Waals surface area contributed by atoms with Gasteiger partial charge < -0.3 is 9.47 Å². The van der Waals surface area contributed by atoms with Gasteiger partial charge in [-0.15, -0.1) is 0 Å². The molecule has 2 heterocycles. The molecule has 0 bridgehead atoms. The number of unbranched alkanes of at least 4 members (excludes halogenated alkanes) is 1. The zero-order valence-corrected chi connectivity index (χ0v) is 19.2. The minimum atomic E-state index is -0.416. The quantitative estimate of drug-likeness (QED) is 0.480. The predicted octanol–water partition coefficient (Wildman–Crippen LogP) is 3.43. The Kier molecular flexibility index (Phi) is 8.06. The zero-order chi connectivity index (χ0) is 23.8. The molecule has 2 aromatic rings. The molecular formula is C26H30N4O4. The maximum absolute atomic E-state index is 12.4. The smallest absolute Gasteiger partial charge is 0.421 e. The number of rotatable bonds is 8. The van der Waals surface area contributed by atoms with Gasteiger partial charge >= 0.3 is 6.09 Å². The third kappa shape index (κ3) is 5.89. The van der Waals surface area contributed by atoms with E-state index in [0.717, 1.165) is 36.0 Å². The highest BCUT2D eigenvalue weighted by Gasteiger charge is 2.29. The number of carbonyl (C=O) groups excluding carboxylic acids is 2. The lowest BCUT2D eigenvalue weighted by atomic mass is 9.92. The van der Waals surface area contributed by atoms with Crippen LogP contribution in [0.2, 0.25) is 0 Å². The highest BCUT2D eigenvalue weighted by atomic mass is 16.6. The second-order valence-electron chi connectivity index (χ2n) is 8.21. The number of hydrazone groups is 1. The first-order chi connectivity index (χ1) is 16.7. The highest BCUT2D eigenvalue weighted by Crippen LogP contribution is 2.34. The lowest BCUT2D eigenvalue weighted by Crippen LogP contribution is -2.48. The Morgan fingerprint density at radius 2 is 1.88 bits per heavy atom. The standard InChI is InChI=1S/C26H30N4O4/c1-2-24(31)30-25(23-9-4-3-8-22(23)19-27-30)21-12-10-20(11-13-21)7-5-6-16-34-26(32)28-29-14-17-33-18-15-29/h2-4,8-13,19,25H,1,5-7,14-18H2,(H,28,32). The molecule has 0 aromatic heterocycles. The van der Waals surface area contributed by atoms with Crippen LogP contribution in [0.5, 0.6) is 0 Å². The molecule has 1 saturated heterocycles. The normalized spacial score (nSPS) is 17.6. The number of carbonyl (C=O) groups is 2. The van der Waals surface area contributed by atoms with Crippen LogP contribution < -0.4 is 5.43 Å². The fourth-order valence-electron chi connectivity index (χ4n) is 4.10. The van der Waals surface area contributed by atoms with Gasteiger partial charge in [0.25, 0.3) is 5.91 Å². The van der Waals surface area contributed by atoms with E-state index in [2.05, 4.69) is 29.2 Å². The monoisotopic (exact) mass is 462 g/mol. The number of benzene rings is 2. The first kappa shape index (κ1) is 23.7. The summed E-state index contributed by atoms with van der Waals surface area (Å²) in [5.74, 6) is -0.238. The van der Waals surface area contributed by atoms with Crippen molar-refractivity contribution < 1.29 is 19.1 Å². The van der Waals surface area contributed by atoms with Gasteiger partial charge in [-0.3, -0.25) is 10.2 Å². The second-order valence-corrected chi connectivity index (χ2v) is 8.21. The molecular weight excluding hydrogens is 432 g/mol. The average molecular weight is 463 g/mol. The molecule has 2 amide bonds. The predicted molar refractivity (Wildman–Crippen MR) is 129 cm³/mol. The summed E-state index contributed by atoms with van der Waals surface area (Å²) in [4.78, 5) is 24.3. The summed E-state index contributed by atoms with van der Waals surface area (Å²) in [5, 5.41) is 7.66. The van der Waals surface area contributed by atoms with Crippen LogP contribution in [-0.4, -0.2) is 61.1 Å². The Labute approximate surface area is 199 Å². The maximum atomic E-state index is 12.4. The summed E-state index contributed by atoms with van der Waals surface area (Å²) in [6.07, 6.45) is 5.15. The molecule has 1 atom stereocenters. The largest absolute Gasteiger partial charge is 0.449 e. The molecule has 8 nitrogen and oxygen atoms in total. The zero-order valence-electron chi connectivity index (χ0n) is 19.2. The molecule has 178 valence electrons. The van der Waals surface area contributed by atoms with Gasteiger partial charge in [0.1, 0.15) is 6.04 Å². The Bertz CT molecular complexity index is 1030. The third-order valence-electron chi connectivity index (χ3n) is 5.91. The fourth-order valence-corrected chi connectivity index (χ4v) is 4.10. The first-order valence-corrected chi connectivity index (χ1v) is 11.6. The van der Waals surface area contributed by atoms with Crippen molar-refractivity contribution in [1.82, 2.24) is 15.4 Å². The van der Waals surface area contributed by atoms with Crippen molar-refractivity contribution >= 4 is 18.2 Å². The van der Waals surface area contributed by atoms with Crippen LogP contribution in [0.15, 0.2) is 66.3 Å². The van der Waals surface area contributed by atoms with E-state index in [9.17, 15) is 9.59 Å². The van der Waals surface area contributed by atoms with E-state index < -0.39 is 6.09 Å². The topological polar surface area (TPSA) is 83.5 Å². The minimum Gasteiger partial charge on any atom is -0.449 e. The van der Waals surface area contributed by atoms with Crippen molar-refractivity contribution in [3.8, 4) is 0 Å². The molecule has 2 aliphatic heterocycles. The molecule has 34 heavy (non-hydrogen) atoms. The van der Waals surface area contributed by atoms with Crippen LogP contribution in [-0.2, 0) is 20.7 Å². The lowest BCUT2D eigenvalue weighted by Gasteiger charge is -2.31. The molecule has 0 aliphatic carbocycles. The van der Waals surface area contributed by atoms with E-state index in [0.29, 0.717) is 32.9 Å². The van der Waals surface area contributed by atoms with Crippen LogP contribution in [0.25, 0.3) is 0 Å². The van der Waals surface area contributed by atoms with Gasteiger partial charge in [-0.25, -0.2) is 14.8 Å². The number of amides is 2. The average Bonchev–Trinajstić information content (AvgIpc) is 2.88. The van der Waals surface area contributed by atoms with Crippen molar-refractivity contribution in [2.45, 2.75) is 25.3 Å². The first-order valence-electron chi connectivity index (χ1n) is 11.6. The molecule has 2 aliphatic rings. The van der Waals surface area contributed by atoms with Crippen molar-refractivity contribution in [2.75, 3.05) is 32.9 Å². The number of fused-ring (bicyclic) bond motifs is 1. The lowest BCUT2D eigenvalue weighted by molar-refractivity contribution is -0.127. The summed E-state index contributed by atoms with van der Waals surface area (Å²) in [5.41, 5.74) is 6.96. The van der Waals surface area contributed by atoms with Gasteiger partial charge in [-0.2, -0.15) is 5.10 Å². The van der Waals surface area contributed by atoms with Gasteiger partial charge in [0.15, 0.2) is 0 Å². The van der Waals surface area contributed by atoms with Crippen molar-refractivity contribution in [2.24, 2.45) is 5.10 Å². The maximum Gasteiger partial charge on any atom is 0.421 e. The number of hydrogen-bond donors (Lipinski definition) is 1. The van der Waals surface area contributed by atoms with Gasteiger partial charge in [0.05, 0.1) is 26.0 Å². The summed E-state index contributed by atoms with van der Waals surface area (Å²) in [6, 6.07) is 15.9. The number of ether oxygens (including phenoxy) is 2. The Morgan fingerprint density at radius 1 is 1.12 bits per heavy atom. The number of aryl methyl sites for hydroxylation is 1. The molecule has 4 rings (SSSR count). The number of hydrazine groups is 1. The van der Waals surface area contributed by atoms with E-state index >= 15 is 0 Å². The molecule has 1 fully saturated rings. The summed E-state index contributed by atoms with van der Waals surface area (Å²) < 4.78 is 10.5. The number of nitrogens with zero attached hydrogens (tertiary/aromatic N) is 3. The van der Waals surface area contributed by atoms with Crippen LogP contribution in [0.4, 0.5) is 4.79 Å².